The third kappa shape index (κ3) is 2.31. The van der Waals surface area contributed by atoms with Crippen molar-refractivity contribution in [2.45, 2.75) is 25.9 Å². The van der Waals surface area contributed by atoms with Gasteiger partial charge in [-0.05, 0) is 13.5 Å². The normalized spacial score (nSPS) is 33.6. The molecule has 2 heteroatoms. The lowest BCUT2D eigenvalue weighted by Crippen LogP contribution is -2.54. The van der Waals surface area contributed by atoms with E-state index in [1.807, 2.05) is 6.08 Å². The molecule has 0 aliphatic carbocycles. The summed E-state index contributed by atoms with van der Waals surface area (Å²) in [6, 6.07) is 1.09. The molecular weight excluding hydrogens is 136 g/mol. The van der Waals surface area contributed by atoms with Crippen molar-refractivity contribution >= 4 is 0 Å². The van der Waals surface area contributed by atoms with Gasteiger partial charge < -0.3 is 10.2 Å². The van der Waals surface area contributed by atoms with Crippen LogP contribution in [-0.2, 0) is 0 Å². The van der Waals surface area contributed by atoms with Crippen molar-refractivity contribution in [2.75, 3.05) is 19.6 Å². The Bertz CT molecular complexity index is 134. The minimum atomic E-state index is 0.485. The summed E-state index contributed by atoms with van der Waals surface area (Å²) in [5, 5.41) is 3.47. The summed E-state index contributed by atoms with van der Waals surface area (Å²) in [4.78, 5) is 2.45. The van der Waals surface area contributed by atoms with Crippen molar-refractivity contribution in [1.82, 2.24) is 10.2 Å². The molecular formula is C9H18N2. The number of hydrogen-bond acceptors (Lipinski definition) is 2. The van der Waals surface area contributed by atoms with E-state index in [1.165, 1.54) is 6.54 Å². The number of nitrogens with zero attached hydrogens (tertiary/aromatic N) is 1. The standard InChI is InChI=1S/C9H18N2/c1-4-9-7-11(5-2)6-8(3)10-9/h4,8-10H,1,5-7H2,2-3H3/t8-,9-/m0/s1. The number of piperazine rings is 1. The first-order valence-electron chi connectivity index (χ1n) is 4.37. The van der Waals surface area contributed by atoms with Gasteiger partial charge in [0.2, 0.25) is 0 Å². The van der Waals surface area contributed by atoms with Crippen LogP contribution in [-0.4, -0.2) is 36.6 Å². The van der Waals surface area contributed by atoms with Gasteiger partial charge in [-0.3, -0.25) is 0 Å². The second kappa shape index (κ2) is 3.88. The first-order valence-corrected chi connectivity index (χ1v) is 4.37. The van der Waals surface area contributed by atoms with Crippen molar-refractivity contribution < 1.29 is 0 Å². The molecule has 0 aromatic rings. The molecule has 1 aliphatic heterocycles. The minimum Gasteiger partial charge on any atom is -0.306 e. The highest BCUT2D eigenvalue weighted by molar-refractivity contribution is 4.93. The number of nitrogens with one attached hydrogen (secondary N) is 1. The smallest absolute Gasteiger partial charge is 0.0378 e. The van der Waals surface area contributed by atoms with Gasteiger partial charge in [0.15, 0.2) is 0 Å². The molecule has 1 N–H and O–H groups in total. The van der Waals surface area contributed by atoms with Gasteiger partial charge in [0.25, 0.3) is 0 Å². The zero-order valence-corrected chi connectivity index (χ0v) is 7.51. The summed E-state index contributed by atoms with van der Waals surface area (Å²) in [6.07, 6.45) is 2.00. The summed E-state index contributed by atoms with van der Waals surface area (Å²) < 4.78 is 0. The van der Waals surface area contributed by atoms with Gasteiger partial charge >= 0.3 is 0 Å². The Balaban J connectivity index is 2.43. The topological polar surface area (TPSA) is 15.3 Å². The van der Waals surface area contributed by atoms with Gasteiger partial charge in [-0.25, -0.2) is 0 Å². The third-order valence-corrected chi connectivity index (χ3v) is 2.22. The Labute approximate surface area is 69.3 Å². The largest absolute Gasteiger partial charge is 0.306 e. The van der Waals surface area contributed by atoms with E-state index in [9.17, 15) is 0 Å². The van der Waals surface area contributed by atoms with Gasteiger partial charge in [-0.1, -0.05) is 13.0 Å². The zero-order chi connectivity index (χ0) is 8.27. The van der Waals surface area contributed by atoms with Gasteiger partial charge in [0.05, 0.1) is 0 Å². The SMILES string of the molecule is C=C[C@H]1CN(CC)C[C@H](C)N1. The van der Waals surface area contributed by atoms with Crippen LogP contribution in [0.2, 0.25) is 0 Å². The van der Waals surface area contributed by atoms with E-state index in [1.54, 1.807) is 0 Å². The molecule has 64 valence electrons. The summed E-state index contributed by atoms with van der Waals surface area (Å²) in [5.74, 6) is 0. The van der Waals surface area contributed by atoms with Crippen LogP contribution in [0.4, 0.5) is 0 Å². The fourth-order valence-electron chi connectivity index (χ4n) is 1.61. The maximum atomic E-state index is 3.80. The molecule has 2 atom stereocenters. The summed E-state index contributed by atoms with van der Waals surface area (Å²) >= 11 is 0. The highest BCUT2D eigenvalue weighted by Gasteiger charge is 2.19. The molecule has 0 radical (unpaired) electrons. The van der Waals surface area contributed by atoms with E-state index >= 15 is 0 Å². The molecule has 2 nitrogen and oxygen atoms in total. The Morgan fingerprint density at radius 3 is 2.91 bits per heavy atom. The third-order valence-electron chi connectivity index (χ3n) is 2.22. The van der Waals surface area contributed by atoms with E-state index in [0.29, 0.717) is 12.1 Å². The predicted octanol–water partition coefficient (Wildman–Crippen LogP) is 0.855. The lowest BCUT2D eigenvalue weighted by molar-refractivity contribution is 0.192. The molecule has 1 rings (SSSR count). The zero-order valence-electron chi connectivity index (χ0n) is 7.51. The maximum Gasteiger partial charge on any atom is 0.0378 e. The Hall–Kier alpha value is -0.340. The summed E-state index contributed by atoms with van der Waals surface area (Å²) in [5.41, 5.74) is 0. The van der Waals surface area contributed by atoms with Gasteiger partial charge in [-0.15, -0.1) is 6.58 Å². The van der Waals surface area contributed by atoms with Crippen molar-refractivity contribution in [3.05, 3.63) is 12.7 Å². The quantitative estimate of drug-likeness (QED) is 0.593. The highest BCUT2D eigenvalue weighted by atomic mass is 15.2. The molecule has 0 spiro atoms. The fraction of sp³-hybridized carbons (Fsp3) is 0.778. The fourth-order valence-corrected chi connectivity index (χ4v) is 1.61. The van der Waals surface area contributed by atoms with Gasteiger partial charge in [-0.2, -0.15) is 0 Å². The van der Waals surface area contributed by atoms with Gasteiger partial charge in [0.1, 0.15) is 0 Å². The average molecular weight is 154 g/mol. The van der Waals surface area contributed by atoms with Crippen LogP contribution in [0, 0.1) is 0 Å². The van der Waals surface area contributed by atoms with Crippen molar-refractivity contribution in [3.8, 4) is 0 Å². The molecule has 0 aromatic carbocycles. The second-order valence-corrected chi connectivity index (χ2v) is 3.26. The van der Waals surface area contributed by atoms with Crippen LogP contribution in [0.25, 0.3) is 0 Å². The molecule has 1 saturated heterocycles. The van der Waals surface area contributed by atoms with Gasteiger partial charge in [0, 0.05) is 25.2 Å². The molecule has 0 amide bonds. The number of likely N-dealkylation sites (N-methyl/N-ethyl adjacent to an activating group) is 1. The predicted molar refractivity (Wildman–Crippen MR) is 48.7 cm³/mol. The van der Waals surface area contributed by atoms with Crippen LogP contribution in [0.5, 0.6) is 0 Å². The van der Waals surface area contributed by atoms with E-state index in [0.717, 1.165) is 13.1 Å². The van der Waals surface area contributed by atoms with Crippen molar-refractivity contribution in [3.63, 3.8) is 0 Å². The summed E-state index contributed by atoms with van der Waals surface area (Å²) in [6.45, 7) is 11.7. The highest BCUT2D eigenvalue weighted by Crippen LogP contribution is 2.03. The first-order chi connectivity index (χ1) is 5.26. The average Bonchev–Trinajstić information content (AvgIpc) is 2.03. The molecule has 0 bridgehead atoms. The first kappa shape index (κ1) is 8.75. The minimum absolute atomic E-state index is 0.485. The van der Waals surface area contributed by atoms with Crippen molar-refractivity contribution in [2.24, 2.45) is 0 Å². The lowest BCUT2D eigenvalue weighted by Gasteiger charge is -2.35. The molecule has 1 heterocycles. The molecule has 11 heavy (non-hydrogen) atoms. The maximum absolute atomic E-state index is 3.80. The molecule has 0 unspecified atom stereocenters. The number of rotatable bonds is 2. The van der Waals surface area contributed by atoms with E-state index in [4.69, 9.17) is 0 Å². The lowest BCUT2D eigenvalue weighted by atomic mass is 10.1. The Kier molecular flexibility index (Phi) is 3.09. The Morgan fingerprint density at radius 1 is 1.64 bits per heavy atom. The monoisotopic (exact) mass is 154 g/mol. The van der Waals surface area contributed by atoms with Crippen LogP contribution in [0.15, 0.2) is 12.7 Å². The van der Waals surface area contributed by atoms with Crippen LogP contribution < -0.4 is 5.32 Å². The Morgan fingerprint density at radius 2 is 2.36 bits per heavy atom. The van der Waals surface area contributed by atoms with E-state index in [-0.39, 0.29) is 0 Å². The number of hydrogen-bond donors (Lipinski definition) is 1. The van der Waals surface area contributed by atoms with Crippen LogP contribution >= 0.6 is 0 Å². The van der Waals surface area contributed by atoms with Crippen LogP contribution in [0.1, 0.15) is 13.8 Å². The molecule has 1 aliphatic rings. The van der Waals surface area contributed by atoms with Crippen molar-refractivity contribution in [1.29, 1.82) is 0 Å². The van der Waals surface area contributed by atoms with E-state index in [2.05, 4.69) is 30.6 Å². The molecule has 0 saturated carbocycles. The van der Waals surface area contributed by atoms with E-state index < -0.39 is 0 Å². The summed E-state index contributed by atoms with van der Waals surface area (Å²) in [7, 11) is 0. The molecule has 1 fully saturated rings. The second-order valence-electron chi connectivity index (χ2n) is 3.26. The van der Waals surface area contributed by atoms with Crippen LogP contribution in [0.3, 0.4) is 0 Å². The molecule has 0 aromatic heterocycles.